The smallest absolute Gasteiger partial charge is 0.221 e. The Kier molecular flexibility index (Phi) is 3.31. The molecule has 0 unspecified atom stereocenters. The quantitative estimate of drug-likeness (QED) is 0.743. The number of aromatic nitrogens is 3. The molecule has 2 aromatic heterocycles. The Morgan fingerprint density at radius 3 is 2.65 bits per heavy atom. The van der Waals surface area contributed by atoms with Gasteiger partial charge in [0.1, 0.15) is 0 Å². The Labute approximate surface area is 120 Å². The Hall–Kier alpha value is -1.73. The fraction of sp³-hybridized carbons (Fsp3) is 0.231. The zero-order valence-corrected chi connectivity index (χ0v) is 12.5. The van der Waals surface area contributed by atoms with Crippen LogP contribution in [0.25, 0.3) is 16.2 Å². The van der Waals surface area contributed by atoms with Gasteiger partial charge in [-0.15, -0.1) is 5.10 Å². The number of imidazole rings is 1. The van der Waals surface area contributed by atoms with Crippen molar-refractivity contribution in [2.75, 3.05) is 5.75 Å². The molecule has 0 fully saturated rings. The largest absolute Gasteiger partial charge is 0.232 e. The van der Waals surface area contributed by atoms with Gasteiger partial charge in [0.25, 0.3) is 0 Å². The molecule has 7 heteroatoms. The van der Waals surface area contributed by atoms with Crippen LogP contribution in [0.15, 0.2) is 40.9 Å². The van der Waals surface area contributed by atoms with Gasteiger partial charge in [-0.2, -0.15) is 0 Å². The summed E-state index contributed by atoms with van der Waals surface area (Å²) in [6, 6.07) is 9.73. The zero-order valence-electron chi connectivity index (χ0n) is 10.9. The average Bonchev–Trinajstić information content (AvgIpc) is 2.98. The molecular formula is C13H13N3O2S2. The van der Waals surface area contributed by atoms with Crippen molar-refractivity contribution in [3.63, 3.8) is 0 Å². The summed E-state index contributed by atoms with van der Waals surface area (Å²) in [7, 11) is -3.27. The van der Waals surface area contributed by atoms with Gasteiger partial charge in [0.2, 0.25) is 19.1 Å². The molecule has 1 aromatic carbocycles. The van der Waals surface area contributed by atoms with Gasteiger partial charge in [0.05, 0.1) is 17.6 Å². The molecule has 0 aliphatic heterocycles. The Morgan fingerprint density at radius 1 is 1.25 bits per heavy atom. The molecule has 2 heterocycles. The van der Waals surface area contributed by atoms with Crippen molar-refractivity contribution >= 4 is 26.1 Å². The molecule has 0 aliphatic carbocycles. The summed E-state index contributed by atoms with van der Waals surface area (Å²) in [6.07, 6.45) is 2.34. The summed E-state index contributed by atoms with van der Waals surface area (Å²) >= 11 is 1.11. The molecule has 0 radical (unpaired) electrons. The number of nitrogens with zero attached hydrogens (tertiary/aromatic N) is 3. The SMILES string of the molecule is CCCS(=O)(=O)c1nn2cc(-c3ccccc3)nc2s1. The van der Waals surface area contributed by atoms with E-state index >= 15 is 0 Å². The fourth-order valence-electron chi connectivity index (χ4n) is 1.91. The first-order valence-corrected chi connectivity index (χ1v) is 8.71. The minimum absolute atomic E-state index is 0.120. The van der Waals surface area contributed by atoms with Crippen LogP contribution in [-0.4, -0.2) is 28.8 Å². The van der Waals surface area contributed by atoms with E-state index in [2.05, 4.69) is 10.1 Å². The van der Waals surface area contributed by atoms with Crippen LogP contribution in [0.2, 0.25) is 0 Å². The lowest BCUT2D eigenvalue weighted by Gasteiger charge is -1.95. The molecule has 0 N–H and O–H groups in total. The van der Waals surface area contributed by atoms with Gasteiger partial charge in [0, 0.05) is 5.56 Å². The Morgan fingerprint density at radius 2 is 2.00 bits per heavy atom. The molecule has 0 saturated carbocycles. The number of rotatable bonds is 4. The summed E-state index contributed by atoms with van der Waals surface area (Å²) < 4.78 is 25.6. The topological polar surface area (TPSA) is 64.3 Å². The lowest BCUT2D eigenvalue weighted by Crippen LogP contribution is -2.05. The van der Waals surface area contributed by atoms with Gasteiger partial charge in [-0.1, -0.05) is 48.6 Å². The lowest BCUT2D eigenvalue weighted by atomic mass is 10.2. The summed E-state index contributed by atoms with van der Waals surface area (Å²) in [5, 5.41) is 4.13. The Balaban J connectivity index is 2.02. The maximum atomic E-state index is 12.0. The highest BCUT2D eigenvalue weighted by Gasteiger charge is 2.20. The van der Waals surface area contributed by atoms with Crippen LogP contribution in [0.5, 0.6) is 0 Å². The van der Waals surface area contributed by atoms with Crippen LogP contribution < -0.4 is 0 Å². The standard InChI is InChI=1S/C13H13N3O2S2/c1-2-8-20(17,18)13-15-16-9-11(14-12(16)19-13)10-6-4-3-5-7-10/h3-7,9H,2,8H2,1H3. The first-order chi connectivity index (χ1) is 9.60. The van der Waals surface area contributed by atoms with Gasteiger partial charge in [-0.05, 0) is 6.42 Å². The average molecular weight is 307 g/mol. The van der Waals surface area contributed by atoms with E-state index in [1.54, 1.807) is 6.20 Å². The first kappa shape index (κ1) is 13.3. The summed E-state index contributed by atoms with van der Waals surface area (Å²) in [4.78, 5) is 5.03. The van der Waals surface area contributed by atoms with Crippen LogP contribution in [-0.2, 0) is 9.84 Å². The second kappa shape index (κ2) is 4.99. The highest BCUT2D eigenvalue weighted by atomic mass is 32.2. The van der Waals surface area contributed by atoms with Gasteiger partial charge in [-0.25, -0.2) is 17.9 Å². The van der Waals surface area contributed by atoms with E-state index < -0.39 is 9.84 Å². The molecule has 0 bridgehead atoms. The van der Waals surface area contributed by atoms with Crippen molar-refractivity contribution in [1.29, 1.82) is 0 Å². The molecule has 5 nitrogen and oxygen atoms in total. The van der Waals surface area contributed by atoms with E-state index in [4.69, 9.17) is 0 Å². The lowest BCUT2D eigenvalue weighted by molar-refractivity contribution is 0.592. The van der Waals surface area contributed by atoms with Gasteiger partial charge in [0.15, 0.2) is 0 Å². The van der Waals surface area contributed by atoms with Crippen molar-refractivity contribution in [2.45, 2.75) is 17.7 Å². The van der Waals surface area contributed by atoms with E-state index in [-0.39, 0.29) is 10.1 Å². The van der Waals surface area contributed by atoms with Crippen molar-refractivity contribution in [3.05, 3.63) is 36.5 Å². The zero-order chi connectivity index (χ0) is 14.2. The van der Waals surface area contributed by atoms with E-state index in [1.165, 1.54) is 4.52 Å². The number of hydrogen-bond acceptors (Lipinski definition) is 5. The minimum Gasteiger partial charge on any atom is -0.221 e. The third-order valence-corrected chi connectivity index (χ3v) is 6.12. The van der Waals surface area contributed by atoms with Crippen LogP contribution >= 0.6 is 11.3 Å². The maximum absolute atomic E-state index is 12.0. The molecule has 0 spiro atoms. The number of sulfone groups is 1. The van der Waals surface area contributed by atoms with Crippen LogP contribution in [0.4, 0.5) is 0 Å². The fourth-order valence-corrected chi connectivity index (χ4v) is 4.43. The molecule has 0 saturated heterocycles. The van der Waals surface area contributed by atoms with Crippen LogP contribution in [0, 0.1) is 0 Å². The van der Waals surface area contributed by atoms with Crippen molar-refractivity contribution in [1.82, 2.24) is 14.6 Å². The van der Waals surface area contributed by atoms with E-state index in [0.717, 1.165) is 22.6 Å². The molecule has 20 heavy (non-hydrogen) atoms. The van der Waals surface area contributed by atoms with E-state index in [9.17, 15) is 8.42 Å². The number of fused-ring (bicyclic) bond motifs is 1. The monoisotopic (exact) mass is 307 g/mol. The maximum Gasteiger partial charge on any atom is 0.232 e. The highest BCUT2D eigenvalue weighted by Crippen LogP contribution is 2.24. The van der Waals surface area contributed by atoms with Gasteiger partial charge in [-0.3, -0.25) is 0 Å². The molecule has 104 valence electrons. The highest BCUT2D eigenvalue weighted by molar-refractivity contribution is 7.93. The Bertz CT molecular complexity index is 804. The summed E-state index contributed by atoms with van der Waals surface area (Å²) in [5.74, 6) is 0.120. The number of benzene rings is 1. The predicted molar refractivity (Wildman–Crippen MR) is 78.6 cm³/mol. The van der Waals surface area contributed by atoms with Gasteiger partial charge >= 0.3 is 0 Å². The molecular weight excluding hydrogens is 294 g/mol. The summed E-state index contributed by atoms with van der Waals surface area (Å²) in [6.45, 7) is 1.84. The number of hydrogen-bond donors (Lipinski definition) is 0. The molecule has 0 amide bonds. The first-order valence-electron chi connectivity index (χ1n) is 6.24. The molecule has 3 aromatic rings. The van der Waals surface area contributed by atoms with Crippen molar-refractivity contribution < 1.29 is 8.42 Å². The molecule has 0 atom stereocenters. The molecule has 3 rings (SSSR count). The van der Waals surface area contributed by atoms with Crippen molar-refractivity contribution in [3.8, 4) is 11.3 Å². The second-order valence-corrected chi connectivity index (χ2v) is 7.64. The third-order valence-electron chi connectivity index (χ3n) is 2.83. The van der Waals surface area contributed by atoms with Crippen molar-refractivity contribution in [2.24, 2.45) is 0 Å². The van der Waals surface area contributed by atoms with Crippen LogP contribution in [0.1, 0.15) is 13.3 Å². The predicted octanol–water partition coefficient (Wildman–Crippen LogP) is 2.64. The summed E-state index contributed by atoms with van der Waals surface area (Å²) in [5.41, 5.74) is 1.78. The molecule has 0 aliphatic rings. The van der Waals surface area contributed by atoms with E-state index in [1.807, 2.05) is 37.3 Å². The van der Waals surface area contributed by atoms with Gasteiger partial charge < -0.3 is 0 Å². The second-order valence-electron chi connectivity index (χ2n) is 4.41. The van der Waals surface area contributed by atoms with E-state index in [0.29, 0.717) is 11.4 Å². The normalized spacial score (nSPS) is 12.1. The van der Waals surface area contributed by atoms with Crippen LogP contribution in [0.3, 0.4) is 0 Å². The third kappa shape index (κ3) is 2.34. The minimum atomic E-state index is -3.27.